The molecule has 2 rings (SSSR count). The van der Waals surface area contributed by atoms with Crippen LogP contribution in [0.1, 0.15) is 56.2 Å². The second-order valence-electron chi connectivity index (χ2n) is 5.04. The summed E-state index contributed by atoms with van der Waals surface area (Å²) in [6, 6.07) is 8.97. The van der Waals surface area contributed by atoms with Gasteiger partial charge in [-0.15, -0.1) is 0 Å². The minimum absolute atomic E-state index is 0.290. The third-order valence-corrected chi connectivity index (χ3v) is 3.83. The third-order valence-electron chi connectivity index (χ3n) is 3.83. The number of rotatable bonds is 5. The number of fused-ring (bicyclic) bond motifs is 1. The lowest BCUT2D eigenvalue weighted by atomic mass is 9.94. The molecule has 1 aromatic rings. The molecule has 0 amide bonds. The van der Waals surface area contributed by atoms with Crippen LogP contribution in [-0.2, 0) is 6.42 Å². The fourth-order valence-corrected chi connectivity index (χ4v) is 2.82. The van der Waals surface area contributed by atoms with Gasteiger partial charge in [0.25, 0.3) is 0 Å². The predicted octanol–water partition coefficient (Wildman–Crippen LogP) is 3.83. The Morgan fingerprint density at radius 2 is 2.00 bits per heavy atom. The maximum atomic E-state index is 6.31. The van der Waals surface area contributed by atoms with E-state index in [9.17, 15) is 0 Å². The Kier molecular flexibility index (Phi) is 4.00. The van der Waals surface area contributed by atoms with Gasteiger partial charge in [0.05, 0.1) is 0 Å². The molecular formula is C15H23N. The lowest BCUT2D eigenvalue weighted by molar-refractivity contribution is 0.411. The van der Waals surface area contributed by atoms with Crippen LogP contribution in [0.15, 0.2) is 24.3 Å². The van der Waals surface area contributed by atoms with Gasteiger partial charge in [0.2, 0.25) is 0 Å². The Balaban J connectivity index is 1.87. The summed E-state index contributed by atoms with van der Waals surface area (Å²) in [6.07, 6.45) is 7.90. The first-order valence-corrected chi connectivity index (χ1v) is 6.66. The lowest BCUT2D eigenvalue weighted by Crippen LogP contribution is -2.16. The molecule has 1 aromatic carbocycles. The zero-order chi connectivity index (χ0) is 11.4. The summed E-state index contributed by atoms with van der Waals surface area (Å²) < 4.78 is 0. The molecule has 1 aliphatic rings. The average molecular weight is 217 g/mol. The van der Waals surface area contributed by atoms with Gasteiger partial charge in [-0.1, -0.05) is 56.9 Å². The van der Waals surface area contributed by atoms with Crippen LogP contribution in [0.3, 0.4) is 0 Å². The van der Waals surface area contributed by atoms with Crippen LogP contribution in [-0.4, -0.2) is 0 Å². The first-order valence-electron chi connectivity index (χ1n) is 6.66. The van der Waals surface area contributed by atoms with Crippen LogP contribution in [0.25, 0.3) is 0 Å². The van der Waals surface area contributed by atoms with Gasteiger partial charge in [-0.3, -0.25) is 0 Å². The molecular weight excluding hydrogens is 194 g/mol. The van der Waals surface area contributed by atoms with E-state index in [4.69, 9.17) is 5.73 Å². The molecule has 2 unspecified atom stereocenters. The quantitative estimate of drug-likeness (QED) is 0.745. The van der Waals surface area contributed by atoms with Crippen LogP contribution in [0.4, 0.5) is 0 Å². The highest BCUT2D eigenvalue weighted by atomic mass is 14.7. The number of unbranched alkanes of at least 4 members (excludes halogenated alkanes) is 3. The standard InChI is InChI=1S/C15H23N/c1-2-3-4-5-9-13-11-12-8-6-7-10-14(12)15(13)16/h6-8,10,13,15H,2-5,9,11,16H2,1H3. The highest BCUT2D eigenvalue weighted by molar-refractivity contribution is 5.35. The Bertz CT molecular complexity index is 332. The predicted molar refractivity (Wildman–Crippen MR) is 69.3 cm³/mol. The molecule has 1 nitrogen and oxygen atoms in total. The highest BCUT2D eigenvalue weighted by Gasteiger charge is 2.28. The normalized spacial score (nSPS) is 23.4. The largest absolute Gasteiger partial charge is 0.324 e. The number of benzene rings is 1. The van der Waals surface area contributed by atoms with Crippen LogP contribution < -0.4 is 5.73 Å². The van der Waals surface area contributed by atoms with Crippen molar-refractivity contribution < 1.29 is 0 Å². The summed E-state index contributed by atoms with van der Waals surface area (Å²) in [6.45, 7) is 2.26. The van der Waals surface area contributed by atoms with Gasteiger partial charge in [-0.2, -0.15) is 0 Å². The van der Waals surface area contributed by atoms with E-state index in [1.807, 2.05) is 0 Å². The van der Waals surface area contributed by atoms with Crippen LogP contribution in [0.5, 0.6) is 0 Å². The van der Waals surface area contributed by atoms with Gasteiger partial charge in [0.15, 0.2) is 0 Å². The highest BCUT2D eigenvalue weighted by Crippen LogP contribution is 2.36. The van der Waals surface area contributed by atoms with E-state index in [2.05, 4.69) is 31.2 Å². The summed E-state index contributed by atoms with van der Waals surface area (Å²) >= 11 is 0. The van der Waals surface area contributed by atoms with Crippen LogP contribution in [0, 0.1) is 5.92 Å². The SMILES string of the molecule is CCCCCCC1Cc2ccccc2C1N. The Hall–Kier alpha value is -0.820. The van der Waals surface area contributed by atoms with Crippen molar-refractivity contribution in [2.75, 3.05) is 0 Å². The lowest BCUT2D eigenvalue weighted by Gasteiger charge is -2.15. The summed E-state index contributed by atoms with van der Waals surface area (Å²) in [7, 11) is 0. The molecule has 0 bridgehead atoms. The van der Waals surface area contributed by atoms with Crippen molar-refractivity contribution >= 4 is 0 Å². The third kappa shape index (κ3) is 2.46. The molecule has 0 aromatic heterocycles. The van der Waals surface area contributed by atoms with Crippen molar-refractivity contribution in [3.05, 3.63) is 35.4 Å². The van der Waals surface area contributed by atoms with Crippen LogP contribution >= 0.6 is 0 Å². The van der Waals surface area contributed by atoms with Crippen molar-refractivity contribution in [2.24, 2.45) is 11.7 Å². The second-order valence-corrected chi connectivity index (χ2v) is 5.04. The molecule has 2 N–H and O–H groups in total. The van der Waals surface area contributed by atoms with Crippen molar-refractivity contribution in [3.63, 3.8) is 0 Å². The molecule has 0 heterocycles. The van der Waals surface area contributed by atoms with E-state index >= 15 is 0 Å². The maximum Gasteiger partial charge on any atom is 0.0329 e. The molecule has 0 radical (unpaired) electrons. The molecule has 16 heavy (non-hydrogen) atoms. The van der Waals surface area contributed by atoms with Gasteiger partial charge >= 0.3 is 0 Å². The smallest absolute Gasteiger partial charge is 0.0329 e. The molecule has 0 saturated heterocycles. The average Bonchev–Trinajstić information content (AvgIpc) is 2.63. The van der Waals surface area contributed by atoms with E-state index in [0.29, 0.717) is 5.92 Å². The van der Waals surface area contributed by atoms with E-state index in [1.54, 1.807) is 0 Å². The number of hydrogen-bond acceptors (Lipinski definition) is 1. The molecule has 0 saturated carbocycles. The van der Waals surface area contributed by atoms with Crippen molar-refractivity contribution in [2.45, 2.75) is 51.5 Å². The first-order chi connectivity index (χ1) is 7.83. The Labute approximate surface area is 99.0 Å². The second kappa shape index (κ2) is 5.49. The minimum Gasteiger partial charge on any atom is -0.324 e. The monoisotopic (exact) mass is 217 g/mol. The maximum absolute atomic E-state index is 6.31. The summed E-state index contributed by atoms with van der Waals surface area (Å²) in [5.74, 6) is 0.689. The van der Waals surface area contributed by atoms with E-state index in [-0.39, 0.29) is 6.04 Å². The molecule has 1 aliphatic carbocycles. The molecule has 88 valence electrons. The minimum atomic E-state index is 0.290. The van der Waals surface area contributed by atoms with Gasteiger partial charge in [-0.05, 0) is 29.9 Å². The number of nitrogens with two attached hydrogens (primary N) is 1. The number of hydrogen-bond donors (Lipinski definition) is 1. The van der Waals surface area contributed by atoms with Crippen molar-refractivity contribution in [1.82, 2.24) is 0 Å². The van der Waals surface area contributed by atoms with Crippen molar-refractivity contribution in [1.29, 1.82) is 0 Å². The zero-order valence-electron chi connectivity index (χ0n) is 10.3. The fourth-order valence-electron chi connectivity index (χ4n) is 2.82. The van der Waals surface area contributed by atoms with Gasteiger partial charge in [0.1, 0.15) is 0 Å². The van der Waals surface area contributed by atoms with Crippen LogP contribution in [0.2, 0.25) is 0 Å². The molecule has 0 aliphatic heterocycles. The molecule has 2 atom stereocenters. The Morgan fingerprint density at radius 3 is 2.75 bits per heavy atom. The van der Waals surface area contributed by atoms with E-state index in [0.717, 1.165) is 0 Å². The fraction of sp³-hybridized carbons (Fsp3) is 0.600. The summed E-state index contributed by atoms with van der Waals surface area (Å²) in [5, 5.41) is 0. The van der Waals surface area contributed by atoms with Crippen molar-refractivity contribution in [3.8, 4) is 0 Å². The topological polar surface area (TPSA) is 26.0 Å². The molecule has 0 spiro atoms. The van der Waals surface area contributed by atoms with E-state index < -0.39 is 0 Å². The Morgan fingerprint density at radius 1 is 1.19 bits per heavy atom. The first kappa shape index (κ1) is 11.7. The molecule has 0 fully saturated rings. The summed E-state index contributed by atoms with van der Waals surface area (Å²) in [5.41, 5.74) is 9.18. The van der Waals surface area contributed by atoms with Gasteiger partial charge in [0, 0.05) is 6.04 Å². The van der Waals surface area contributed by atoms with Gasteiger partial charge < -0.3 is 5.73 Å². The molecule has 1 heteroatoms. The van der Waals surface area contributed by atoms with E-state index in [1.165, 1.54) is 49.7 Å². The van der Waals surface area contributed by atoms with Gasteiger partial charge in [-0.25, -0.2) is 0 Å². The zero-order valence-corrected chi connectivity index (χ0v) is 10.3. The summed E-state index contributed by atoms with van der Waals surface area (Å²) in [4.78, 5) is 0.